The van der Waals surface area contributed by atoms with Gasteiger partial charge in [0.2, 0.25) is 0 Å². The molecule has 28 heavy (non-hydrogen) atoms. The standard InChI is InChI=1S/C22H25N3O2S/c1-15-4-3-11-25(13-15)14-16-5-7-17(8-6-16)21(26)23-18-9-10-19-20(12-18)28-22(27)24(19)2/h5-10,12,15H,3-4,11,13-14H2,1-2H3,(H,23,26). The molecule has 0 spiro atoms. The Morgan fingerprint density at radius 1 is 1.21 bits per heavy atom. The van der Waals surface area contributed by atoms with Gasteiger partial charge in [-0.3, -0.25) is 14.5 Å². The van der Waals surface area contributed by atoms with E-state index in [1.807, 2.05) is 42.5 Å². The van der Waals surface area contributed by atoms with Crippen LogP contribution in [-0.4, -0.2) is 28.5 Å². The number of piperidine rings is 1. The molecule has 3 aromatic rings. The molecule has 0 bridgehead atoms. The third-order valence-electron chi connectivity index (χ3n) is 5.41. The molecule has 0 radical (unpaired) electrons. The molecule has 1 aromatic heterocycles. The number of anilines is 1. The van der Waals surface area contributed by atoms with Gasteiger partial charge in [0.05, 0.1) is 10.2 Å². The van der Waals surface area contributed by atoms with Gasteiger partial charge in [0.1, 0.15) is 0 Å². The van der Waals surface area contributed by atoms with Crippen LogP contribution in [0.25, 0.3) is 10.2 Å². The Balaban J connectivity index is 1.42. The van der Waals surface area contributed by atoms with Crippen molar-refractivity contribution in [1.82, 2.24) is 9.47 Å². The molecule has 1 aliphatic rings. The number of benzene rings is 2. The first kappa shape index (κ1) is 18.9. The normalized spacial score (nSPS) is 17.7. The summed E-state index contributed by atoms with van der Waals surface area (Å²) in [5.41, 5.74) is 3.45. The predicted molar refractivity (Wildman–Crippen MR) is 115 cm³/mol. The lowest BCUT2D eigenvalue weighted by atomic mass is 9.99. The first-order valence-corrected chi connectivity index (χ1v) is 10.5. The highest BCUT2D eigenvalue weighted by molar-refractivity contribution is 7.16. The van der Waals surface area contributed by atoms with Crippen LogP contribution in [0.15, 0.2) is 47.3 Å². The number of aryl methyl sites for hydroxylation is 1. The molecule has 1 amide bonds. The first-order valence-electron chi connectivity index (χ1n) is 9.72. The van der Waals surface area contributed by atoms with E-state index in [1.54, 1.807) is 11.6 Å². The minimum Gasteiger partial charge on any atom is -0.322 e. The van der Waals surface area contributed by atoms with Crippen molar-refractivity contribution >= 4 is 33.1 Å². The van der Waals surface area contributed by atoms with Gasteiger partial charge in [-0.05, 0) is 61.2 Å². The lowest BCUT2D eigenvalue weighted by Crippen LogP contribution is -2.33. The van der Waals surface area contributed by atoms with Crippen LogP contribution in [0.3, 0.4) is 0 Å². The van der Waals surface area contributed by atoms with Crippen molar-refractivity contribution in [2.24, 2.45) is 13.0 Å². The molecular formula is C22H25N3O2S. The average molecular weight is 396 g/mol. The summed E-state index contributed by atoms with van der Waals surface area (Å²) in [5, 5.41) is 2.93. The van der Waals surface area contributed by atoms with Gasteiger partial charge < -0.3 is 9.88 Å². The third kappa shape index (κ3) is 4.03. The highest BCUT2D eigenvalue weighted by Crippen LogP contribution is 2.22. The zero-order valence-electron chi connectivity index (χ0n) is 16.3. The van der Waals surface area contributed by atoms with Gasteiger partial charge in [-0.15, -0.1) is 0 Å². The predicted octanol–water partition coefficient (Wildman–Crippen LogP) is 4.08. The van der Waals surface area contributed by atoms with Crippen molar-refractivity contribution in [2.75, 3.05) is 18.4 Å². The van der Waals surface area contributed by atoms with E-state index in [4.69, 9.17) is 0 Å². The van der Waals surface area contributed by atoms with E-state index in [2.05, 4.69) is 17.1 Å². The van der Waals surface area contributed by atoms with E-state index >= 15 is 0 Å². The second kappa shape index (κ2) is 7.89. The molecule has 146 valence electrons. The fourth-order valence-electron chi connectivity index (χ4n) is 3.86. The van der Waals surface area contributed by atoms with Crippen LogP contribution in [0, 0.1) is 5.92 Å². The average Bonchev–Trinajstić information content (AvgIpc) is 2.96. The summed E-state index contributed by atoms with van der Waals surface area (Å²) in [6, 6.07) is 13.4. The summed E-state index contributed by atoms with van der Waals surface area (Å²) in [7, 11) is 1.76. The third-order valence-corrected chi connectivity index (χ3v) is 6.41. The number of fused-ring (bicyclic) bond motifs is 1. The quantitative estimate of drug-likeness (QED) is 0.724. The molecule has 1 N–H and O–H groups in total. The van der Waals surface area contributed by atoms with Crippen molar-refractivity contribution in [1.29, 1.82) is 0 Å². The van der Waals surface area contributed by atoms with Gasteiger partial charge in [0, 0.05) is 31.4 Å². The largest absolute Gasteiger partial charge is 0.322 e. The first-order chi connectivity index (χ1) is 13.5. The highest BCUT2D eigenvalue weighted by atomic mass is 32.1. The summed E-state index contributed by atoms with van der Waals surface area (Å²) >= 11 is 1.19. The van der Waals surface area contributed by atoms with Crippen molar-refractivity contribution < 1.29 is 4.79 Å². The molecule has 6 heteroatoms. The number of amides is 1. The van der Waals surface area contributed by atoms with E-state index < -0.39 is 0 Å². The monoisotopic (exact) mass is 395 g/mol. The number of carbonyl (C=O) groups is 1. The summed E-state index contributed by atoms with van der Waals surface area (Å²) in [4.78, 5) is 26.8. The molecular weight excluding hydrogens is 370 g/mol. The molecule has 1 unspecified atom stereocenters. The maximum atomic E-state index is 12.6. The molecule has 1 aliphatic heterocycles. The molecule has 0 aliphatic carbocycles. The second-order valence-electron chi connectivity index (χ2n) is 7.74. The fourth-order valence-corrected chi connectivity index (χ4v) is 4.78. The molecule has 0 saturated carbocycles. The molecule has 2 heterocycles. The fraction of sp³-hybridized carbons (Fsp3) is 0.364. The number of rotatable bonds is 4. The number of hydrogen-bond acceptors (Lipinski definition) is 4. The Morgan fingerprint density at radius 2 is 2.00 bits per heavy atom. The van der Waals surface area contributed by atoms with Gasteiger partial charge in [-0.25, -0.2) is 0 Å². The lowest BCUT2D eigenvalue weighted by molar-refractivity contribution is 0.102. The van der Waals surface area contributed by atoms with Crippen LogP contribution in [0.5, 0.6) is 0 Å². The Bertz CT molecular complexity index is 1050. The van der Waals surface area contributed by atoms with Crippen molar-refractivity contribution in [2.45, 2.75) is 26.3 Å². The van der Waals surface area contributed by atoms with E-state index in [0.29, 0.717) is 11.3 Å². The number of thiazole rings is 1. The molecule has 5 nitrogen and oxygen atoms in total. The zero-order chi connectivity index (χ0) is 19.7. The van der Waals surface area contributed by atoms with Gasteiger partial charge in [-0.1, -0.05) is 30.4 Å². The molecule has 1 fully saturated rings. The number of nitrogens with zero attached hydrogens (tertiary/aromatic N) is 2. The number of likely N-dealkylation sites (tertiary alicyclic amines) is 1. The van der Waals surface area contributed by atoms with Crippen LogP contribution >= 0.6 is 11.3 Å². The van der Waals surface area contributed by atoms with Crippen molar-refractivity contribution in [3.63, 3.8) is 0 Å². The number of hydrogen-bond donors (Lipinski definition) is 1. The molecule has 4 rings (SSSR count). The van der Waals surface area contributed by atoms with Crippen molar-refractivity contribution in [3.05, 3.63) is 63.3 Å². The van der Waals surface area contributed by atoms with Crippen LogP contribution in [-0.2, 0) is 13.6 Å². The minimum atomic E-state index is -0.138. The number of aromatic nitrogens is 1. The second-order valence-corrected chi connectivity index (χ2v) is 8.74. The molecule has 1 atom stereocenters. The Morgan fingerprint density at radius 3 is 2.75 bits per heavy atom. The van der Waals surface area contributed by atoms with Crippen LogP contribution < -0.4 is 10.2 Å². The van der Waals surface area contributed by atoms with Gasteiger partial charge >= 0.3 is 4.87 Å². The highest BCUT2D eigenvalue weighted by Gasteiger charge is 2.16. The topological polar surface area (TPSA) is 54.3 Å². The van der Waals surface area contributed by atoms with E-state index in [-0.39, 0.29) is 10.8 Å². The number of nitrogens with one attached hydrogen (secondary N) is 1. The molecule has 2 aromatic carbocycles. The van der Waals surface area contributed by atoms with Crippen LogP contribution in [0.1, 0.15) is 35.7 Å². The van der Waals surface area contributed by atoms with E-state index in [0.717, 1.165) is 35.8 Å². The minimum absolute atomic E-state index is 0.00263. The maximum absolute atomic E-state index is 12.6. The summed E-state index contributed by atoms with van der Waals surface area (Å²) in [6.45, 7) is 5.55. The number of carbonyl (C=O) groups excluding carboxylic acids is 1. The Labute approximate surface area is 168 Å². The Hall–Kier alpha value is -2.44. The van der Waals surface area contributed by atoms with Crippen molar-refractivity contribution in [3.8, 4) is 0 Å². The Kier molecular flexibility index (Phi) is 5.33. The maximum Gasteiger partial charge on any atom is 0.307 e. The van der Waals surface area contributed by atoms with Crippen LogP contribution in [0.2, 0.25) is 0 Å². The zero-order valence-corrected chi connectivity index (χ0v) is 17.1. The van der Waals surface area contributed by atoms with Gasteiger partial charge in [-0.2, -0.15) is 0 Å². The lowest BCUT2D eigenvalue weighted by Gasteiger charge is -2.30. The summed E-state index contributed by atoms with van der Waals surface area (Å²) in [5.74, 6) is 0.625. The van der Waals surface area contributed by atoms with Gasteiger partial charge in [0.15, 0.2) is 0 Å². The summed E-state index contributed by atoms with van der Waals surface area (Å²) in [6.07, 6.45) is 2.59. The van der Waals surface area contributed by atoms with Gasteiger partial charge in [0.25, 0.3) is 5.91 Å². The smallest absolute Gasteiger partial charge is 0.307 e. The molecule has 1 saturated heterocycles. The van der Waals surface area contributed by atoms with Crippen LogP contribution in [0.4, 0.5) is 5.69 Å². The SMILES string of the molecule is CC1CCCN(Cc2ccc(C(=O)Nc3ccc4c(c3)sc(=O)n4C)cc2)C1. The van der Waals surface area contributed by atoms with E-state index in [9.17, 15) is 9.59 Å². The van der Waals surface area contributed by atoms with E-state index in [1.165, 1.54) is 29.7 Å². The summed E-state index contributed by atoms with van der Waals surface area (Å²) < 4.78 is 2.49.